The molecule has 4 aromatic rings. The van der Waals surface area contributed by atoms with E-state index in [-0.39, 0.29) is 10.6 Å². The Morgan fingerprint density at radius 1 is 0.469 bits per heavy atom. The molecule has 0 bridgehead atoms. The van der Waals surface area contributed by atoms with Gasteiger partial charge in [0.25, 0.3) is 0 Å². The van der Waals surface area contributed by atoms with Gasteiger partial charge in [0.05, 0.1) is 7.11 Å². The maximum absolute atomic E-state index is 14.1. The van der Waals surface area contributed by atoms with Crippen LogP contribution in [0.25, 0.3) is 0 Å². The molecule has 0 spiro atoms. The maximum atomic E-state index is 14.1. The van der Waals surface area contributed by atoms with Crippen LogP contribution in [0.2, 0.25) is 18.1 Å². The minimum Gasteiger partial charge on any atom is -0.466 e. The Kier molecular flexibility index (Phi) is 12.3. The van der Waals surface area contributed by atoms with Crippen LogP contribution in [-0.4, -0.2) is 39.3 Å². The van der Waals surface area contributed by atoms with Crippen molar-refractivity contribution in [1.82, 2.24) is 0 Å². The standard InChI is InChI=1S/C39H42O9Si/c1-39(2,3)49(5,6)48-34(30-25-17-10-18-26-30)38(43)47-33(29-23-15-9-16-24-29)37(42)46-32(28-21-13-8-14-22-28)36(41)45-31(35(40)44-4)27-19-11-7-12-20-27/h7-26,31-34H,1-6H3/t31-,32-,33-,34-/m0/s1. The van der Waals surface area contributed by atoms with Gasteiger partial charge in [-0.05, 0) is 23.7 Å². The average Bonchev–Trinajstić information content (AvgIpc) is 3.11. The van der Waals surface area contributed by atoms with Crippen LogP contribution in [0.3, 0.4) is 0 Å². The molecule has 0 heterocycles. The first-order valence-electron chi connectivity index (χ1n) is 15.9. The van der Waals surface area contributed by atoms with Gasteiger partial charge in [0.2, 0.25) is 18.3 Å². The number of rotatable bonds is 13. The van der Waals surface area contributed by atoms with Crippen LogP contribution in [-0.2, 0) is 42.6 Å². The van der Waals surface area contributed by atoms with Gasteiger partial charge in [0, 0.05) is 16.7 Å². The highest BCUT2D eigenvalue weighted by atomic mass is 28.4. The predicted molar refractivity (Wildman–Crippen MR) is 185 cm³/mol. The van der Waals surface area contributed by atoms with Crippen molar-refractivity contribution in [2.45, 2.75) is 63.3 Å². The summed E-state index contributed by atoms with van der Waals surface area (Å²) >= 11 is 0. The SMILES string of the molecule is COC(=O)[C@@H](OC(=O)[C@@H](OC(=O)[C@@H](OC(=O)[C@@H](O[Si](C)(C)C(C)(C)C)c1ccccc1)c1ccccc1)c1ccccc1)c1ccccc1. The van der Waals surface area contributed by atoms with E-state index in [2.05, 4.69) is 20.8 Å². The fourth-order valence-corrected chi connectivity index (χ4v) is 5.81. The number of carbonyl (C=O) groups is 4. The molecule has 0 saturated heterocycles. The Morgan fingerprint density at radius 3 is 1.02 bits per heavy atom. The molecular weight excluding hydrogens is 641 g/mol. The van der Waals surface area contributed by atoms with E-state index in [1.165, 1.54) is 7.11 Å². The summed E-state index contributed by atoms with van der Waals surface area (Å²) in [7, 11) is -1.35. The Morgan fingerprint density at radius 2 is 0.735 bits per heavy atom. The first-order valence-corrected chi connectivity index (χ1v) is 18.8. The second-order valence-corrected chi connectivity index (χ2v) is 17.6. The molecule has 0 fully saturated rings. The molecule has 4 rings (SSSR count). The van der Waals surface area contributed by atoms with Crippen LogP contribution in [0.5, 0.6) is 0 Å². The minimum absolute atomic E-state index is 0.233. The van der Waals surface area contributed by atoms with Crippen molar-refractivity contribution in [2.24, 2.45) is 0 Å². The number of benzene rings is 4. The monoisotopic (exact) mass is 682 g/mol. The van der Waals surface area contributed by atoms with Crippen molar-refractivity contribution in [3.63, 3.8) is 0 Å². The largest absolute Gasteiger partial charge is 0.466 e. The van der Waals surface area contributed by atoms with Gasteiger partial charge >= 0.3 is 23.9 Å². The van der Waals surface area contributed by atoms with Gasteiger partial charge in [-0.15, -0.1) is 0 Å². The molecule has 0 N–H and O–H groups in total. The smallest absolute Gasteiger partial charge is 0.353 e. The van der Waals surface area contributed by atoms with Crippen molar-refractivity contribution in [2.75, 3.05) is 7.11 Å². The van der Waals surface area contributed by atoms with E-state index in [1.54, 1.807) is 115 Å². The van der Waals surface area contributed by atoms with Crippen LogP contribution >= 0.6 is 0 Å². The molecule has 0 saturated carbocycles. The minimum atomic E-state index is -2.53. The van der Waals surface area contributed by atoms with Crippen LogP contribution in [0.15, 0.2) is 121 Å². The third-order valence-electron chi connectivity index (χ3n) is 8.39. The van der Waals surface area contributed by atoms with E-state index in [9.17, 15) is 19.2 Å². The van der Waals surface area contributed by atoms with Gasteiger partial charge < -0.3 is 23.4 Å². The van der Waals surface area contributed by atoms with E-state index < -0.39 is 56.6 Å². The number of hydrogen-bond acceptors (Lipinski definition) is 9. The molecule has 10 heteroatoms. The molecule has 4 aromatic carbocycles. The average molecular weight is 683 g/mol. The number of ether oxygens (including phenoxy) is 4. The molecule has 0 radical (unpaired) electrons. The summed E-state index contributed by atoms with van der Waals surface area (Å²) in [6.07, 6.45) is -5.76. The lowest BCUT2D eigenvalue weighted by atomic mass is 10.1. The first kappa shape index (κ1) is 36.8. The van der Waals surface area contributed by atoms with Crippen LogP contribution in [0, 0.1) is 0 Å². The molecule has 0 amide bonds. The number of esters is 4. The summed E-state index contributed by atoms with van der Waals surface area (Å²) in [6, 6.07) is 33.9. The van der Waals surface area contributed by atoms with Crippen molar-refractivity contribution >= 4 is 32.2 Å². The predicted octanol–water partition coefficient (Wildman–Crippen LogP) is 7.78. The summed E-state index contributed by atoms with van der Waals surface area (Å²) < 4.78 is 28.9. The fourth-order valence-electron chi connectivity index (χ4n) is 4.63. The van der Waals surface area contributed by atoms with E-state index in [1.807, 2.05) is 19.2 Å². The highest BCUT2D eigenvalue weighted by Crippen LogP contribution is 2.40. The van der Waals surface area contributed by atoms with Crippen molar-refractivity contribution in [3.05, 3.63) is 144 Å². The second-order valence-electron chi connectivity index (χ2n) is 12.9. The zero-order valence-electron chi connectivity index (χ0n) is 28.5. The lowest BCUT2D eigenvalue weighted by Gasteiger charge is -2.38. The molecule has 0 unspecified atom stereocenters. The van der Waals surface area contributed by atoms with Crippen molar-refractivity contribution in [1.29, 1.82) is 0 Å². The summed E-state index contributed by atoms with van der Waals surface area (Å²) in [4.78, 5) is 54.6. The normalized spacial score (nSPS) is 14.0. The third kappa shape index (κ3) is 9.52. The highest BCUT2D eigenvalue weighted by Gasteiger charge is 2.43. The molecule has 4 atom stereocenters. The van der Waals surface area contributed by atoms with Crippen LogP contribution in [0.4, 0.5) is 0 Å². The van der Waals surface area contributed by atoms with Gasteiger partial charge in [0.15, 0.2) is 14.4 Å². The lowest BCUT2D eigenvalue weighted by Crippen LogP contribution is -2.43. The Hall–Kier alpha value is -5.06. The highest BCUT2D eigenvalue weighted by molar-refractivity contribution is 6.74. The Labute approximate surface area is 288 Å². The summed E-state index contributed by atoms with van der Waals surface area (Å²) in [6.45, 7) is 10.2. The van der Waals surface area contributed by atoms with E-state index in [0.717, 1.165) is 0 Å². The number of carbonyl (C=O) groups excluding carboxylic acids is 4. The second kappa shape index (κ2) is 16.4. The van der Waals surface area contributed by atoms with E-state index >= 15 is 0 Å². The van der Waals surface area contributed by atoms with Crippen LogP contribution in [0.1, 0.15) is 67.4 Å². The molecule has 0 aliphatic heterocycles. The molecule has 49 heavy (non-hydrogen) atoms. The zero-order chi connectivity index (χ0) is 35.6. The Bertz CT molecular complexity index is 1690. The first-order chi connectivity index (χ1) is 23.3. The quantitative estimate of drug-likeness (QED) is 0.0792. The van der Waals surface area contributed by atoms with Crippen molar-refractivity contribution in [3.8, 4) is 0 Å². The third-order valence-corrected chi connectivity index (χ3v) is 12.8. The molecule has 0 aliphatic rings. The summed E-state index contributed by atoms with van der Waals surface area (Å²) in [5.41, 5.74) is 1.53. The molecule has 0 aliphatic carbocycles. The topological polar surface area (TPSA) is 114 Å². The molecule has 9 nitrogen and oxygen atoms in total. The zero-order valence-corrected chi connectivity index (χ0v) is 29.5. The van der Waals surface area contributed by atoms with Crippen LogP contribution < -0.4 is 0 Å². The summed E-state index contributed by atoms with van der Waals surface area (Å²) in [5.74, 6) is -3.67. The van der Waals surface area contributed by atoms with Gasteiger partial charge in [-0.2, -0.15) is 0 Å². The van der Waals surface area contributed by atoms with Gasteiger partial charge in [0.1, 0.15) is 0 Å². The Balaban J connectivity index is 1.68. The lowest BCUT2D eigenvalue weighted by molar-refractivity contribution is -0.186. The van der Waals surface area contributed by atoms with Gasteiger partial charge in [-0.25, -0.2) is 19.2 Å². The summed E-state index contributed by atoms with van der Waals surface area (Å²) in [5, 5.41) is -0.233. The molecule has 0 aromatic heterocycles. The van der Waals surface area contributed by atoms with Crippen molar-refractivity contribution < 1.29 is 42.6 Å². The van der Waals surface area contributed by atoms with Gasteiger partial charge in [-0.3, -0.25) is 0 Å². The molecular formula is C39H42O9Si. The van der Waals surface area contributed by atoms with E-state index in [0.29, 0.717) is 16.7 Å². The fraction of sp³-hybridized carbons (Fsp3) is 0.282. The molecule has 256 valence electrons. The van der Waals surface area contributed by atoms with E-state index in [4.69, 9.17) is 23.4 Å². The number of hydrogen-bond donors (Lipinski definition) is 0. The van der Waals surface area contributed by atoms with Gasteiger partial charge in [-0.1, -0.05) is 142 Å². The maximum Gasteiger partial charge on any atom is 0.353 e. The number of methoxy groups -OCH3 is 1.